The predicted molar refractivity (Wildman–Crippen MR) is 52.7 cm³/mol. The van der Waals surface area contributed by atoms with Crippen molar-refractivity contribution in [2.45, 2.75) is 32.4 Å². The molecule has 2 N–H and O–H groups in total. The second-order valence-electron chi connectivity index (χ2n) is 4.14. The van der Waals surface area contributed by atoms with E-state index in [9.17, 15) is 0 Å². The van der Waals surface area contributed by atoms with E-state index in [1.165, 1.54) is 11.1 Å². The monoisotopic (exact) mass is 177 g/mol. The highest BCUT2D eigenvalue weighted by atomic mass is 16.5. The molecule has 13 heavy (non-hydrogen) atoms. The first-order valence-electron chi connectivity index (χ1n) is 4.62. The van der Waals surface area contributed by atoms with Gasteiger partial charge in [-0.25, -0.2) is 0 Å². The Morgan fingerprint density at radius 3 is 2.92 bits per heavy atom. The third-order valence-electron chi connectivity index (χ3n) is 2.44. The zero-order valence-electron chi connectivity index (χ0n) is 8.13. The van der Waals surface area contributed by atoms with Crippen molar-refractivity contribution in [3.63, 3.8) is 0 Å². The van der Waals surface area contributed by atoms with Gasteiger partial charge in [-0.05, 0) is 25.5 Å². The molecule has 1 heterocycles. The van der Waals surface area contributed by atoms with Gasteiger partial charge in [0.25, 0.3) is 0 Å². The number of hydrogen-bond donors (Lipinski definition) is 1. The SMILES string of the molecule is CC1(C)Cc2c(CN)cccc2O1. The molecular formula is C11H15NO. The molecule has 0 fully saturated rings. The van der Waals surface area contributed by atoms with E-state index in [1.54, 1.807) is 0 Å². The fourth-order valence-corrected chi connectivity index (χ4v) is 1.86. The van der Waals surface area contributed by atoms with Crippen molar-refractivity contribution in [1.29, 1.82) is 0 Å². The molecule has 0 aromatic heterocycles. The summed E-state index contributed by atoms with van der Waals surface area (Å²) in [5.74, 6) is 1.01. The Hall–Kier alpha value is -1.02. The van der Waals surface area contributed by atoms with Crippen molar-refractivity contribution in [2.24, 2.45) is 5.73 Å². The fourth-order valence-electron chi connectivity index (χ4n) is 1.86. The molecule has 0 atom stereocenters. The lowest BCUT2D eigenvalue weighted by Gasteiger charge is -2.16. The van der Waals surface area contributed by atoms with Gasteiger partial charge in [0.05, 0.1) is 0 Å². The number of ether oxygens (including phenoxy) is 1. The molecule has 70 valence electrons. The van der Waals surface area contributed by atoms with Crippen molar-refractivity contribution in [3.05, 3.63) is 29.3 Å². The van der Waals surface area contributed by atoms with Crippen molar-refractivity contribution in [1.82, 2.24) is 0 Å². The van der Waals surface area contributed by atoms with Gasteiger partial charge in [0.1, 0.15) is 11.4 Å². The maximum atomic E-state index is 5.78. The summed E-state index contributed by atoms with van der Waals surface area (Å²) in [7, 11) is 0. The minimum Gasteiger partial charge on any atom is -0.487 e. The summed E-state index contributed by atoms with van der Waals surface area (Å²) in [4.78, 5) is 0. The lowest BCUT2D eigenvalue weighted by atomic mass is 9.97. The average Bonchev–Trinajstić information content (AvgIpc) is 2.37. The summed E-state index contributed by atoms with van der Waals surface area (Å²) in [5, 5.41) is 0. The molecule has 1 aliphatic rings. The van der Waals surface area contributed by atoms with Crippen LogP contribution in [0, 0.1) is 0 Å². The molecule has 2 nitrogen and oxygen atoms in total. The van der Waals surface area contributed by atoms with Crippen molar-refractivity contribution >= 4 is 0 Å². The Bertz CT molecular complexity index is 331. The van der Waals surface area contributed by atoms with E-state index < -0.39 is 0 Å². The largest absolute Gasteiger partial charge is 0.487 e. The maximum absolute atomic E-state index is 5.78. The second-order valence-corrected chi connectivity index (χ2v) is 4.14. The lowest BCUT2D eigenvalue weighted by Crippen LogP contribution is -2.24. The van der Waals surface area contributed by atoms with Gasteiger partial charge in [0.15, 0.2) is 0 Å². The van der Waals surface area contributed by atoms with Gasteiger partial charge in [-0.3, -0.25) is 0 Å². The van der Waals surface area contributed by atoms with Gasteiger partial charge in [-0.2, -0.15) is 0 Å². The van der Waals surface area contributed by atoms with Crippen LogP contribution in [0.4, 0.5) is 0 Å². The summed E-state index contributed by atoms with van der Waals surface area (Å²) in [5.41, 5.74) is 8.09. The van der Waals surface area contributed by atoms with E-state index >= 15 is 0 Å². The van der Waals surface area contributed by atoms with E-state index in [0.29, 0.717) is 6.54 Å². The predicted octanol–water partition coefficient (Wildman–Crippen LogP) is 1.86. The molecule has 0 radical (unpaired) electrons. The van der Waals surface area contributed by atoms with E-state index in [0.717, 1.165) is 12.2 Å². The van der Waals surface area contributed by atoms with Crippen molar-refractivity contribution < 1.29 is 4.74 Å². The van der Waals surface area contributed by atoms with Gasteiger partial charge >= 0.3 is 0 Å². The lowest BCUT2D eigenvalue weighted by molar-refractivity contribution is 0.138. The van der Waals surface area contributed by atoms with Gasteiger partial charge in [0, 0.05) is 18.5 Å². The highest BCUT2D eigenvalue weighted by Gasteiger charge is 2.30. The topological polar surface area (TPSA) is 35.2 Å². The number of nitrogens with two attached hydrogens (primary N) is 1. The summed E-state index contributed by atoms with van der Waals surface area (Å²) < 4.78 is 5.78. The summed E-state index contributed by atoms with van der Waals surface area (Å²) >= 11 is 0. The molecule has 0 spiro atoms. The molecule has 0 amide bonds. The highest BCUT2D eigenvalue weighted by molar-refractivity contribution is 5.44. The van der Waals surface area contributed by atoms with Crippen molar-refractivity contribution in [3.8, 4) is 5.75 Å². The first kappa shape index (κ1) is 8.57. The molecule has 0 saturated carbocycles. The Kier molecular flexibility index (Phi) is 1.81. The van der Waals surface area contributed by atoms with E-state index in [-0.39, 0.29) is 5.60 Å². The molecule has 1 aromatic rings. The Morgan fingerprint density at radius 1 is 1.46 bits per heavy atom. The van der Waals surface area contributed by atoms with Crippen LogP contribution >= 0.6 is 0 Å². The summed E-state index contributed by atoms with van der Waals surface area (Å²) in [6.07, 6.45) is 0.968. The van der Waals surface area contributed by atoms with Gasteiger partial charge in [0.2, 0.25) is 0 Å². The Labute approximate surface area is 78.7 Å². The third-order valence-corrected chi connectivity index (χ3v) is 2.44. The van der Waals surface area contributed by atoms with Gasteiger partial charge in [-0.15, -0.1) is 0 Å². The average molecular weight is 177 g/mol. The summed E-state index contributed by atoms with van der Waals surface area (Å²) in [6, 6.07) is 6.09. The molecule has 0 saturated heterocycles. The smallest absolute Gasteiger partial charge is 0.123 e. The Balaban J connectivity index is 2.45. The van der Waals surface area contributed by atoms with Crippen LogP contribution in [0.15, 0.2) is 18.2 Å². The molecule has 1 aromatic carbocycles. The first-order chi connectivity index (χ1) is 6.12. The molecule has 1 aliphatic heterocycles. The Morgan fingerprint density at radius 2 is 2.23 bits per heavy atom. The zero-order valence-corrected chi connectivity index (χ0v) is 8.13. The molecule has 0 unspecified atom stereocenters. The minimum absolute atomic E-state index is 0.0619. The number of fused-ring (bicyclic) bond motifs is 1. The van der Waals surface area contributed by atoms with Crippen molar-refractivity contribution in [2.75, 3.05) is 0 Å². The number of hydrogen-bond acceptors (Lipinski definition) is 2. The van der Waals surface area contributed by atoms with Crippen LogP contribution in [0.2, 0.25) is 0 Å². The van der Waals surface area contributed by atoms with Crippen LogP contribution in [-0.4, -0.2) is 5.60 Å². The third kappa shape index (κ3) is 1.42. The van der Waals surface area contributed by atoms with Crippen LogP contribution < -0.4 is 10.5 Å². The van der Waals surface area contributed by atoms with Gasteiger partial charge in [-0.1, -0.05) is 12.1 Å². The first-order valence-corrected chi connectivity index (χ1v) is 4.62. The fraction of sp³-hybridized carbons (Fsp3) is 0.455. The molecular weight excluding hydrogens is 162 g/mol. The normalized spacial score (nSPS) is 18.1. The van der Waals surface area contributed by atoms with Crippen LogP contribution in [-0.2, 0) is 13.0 Å². The van der Waals surface area contributed by atoms with Crippen LogP contribution in [0.1, 0.15) is 25.0 Å². The van der Waals surface area contributed by atoms with E-state index in [1.807, 2.05) is 12.1 Å². The minimum atomic E-state index is -0.0619. The van der Waals surface area contributed by atoms with E-state index in [2.05, 4.69) is 19.9 Å². The van der Waals surface area contributed by atoms with Crippen LogP contribution in [0.25, 0.3) is 0 Å². The number of benzene rings is 1. The quantitative estimate of drug-likeness (QED) is 0.710. The molecule has 0 aliphatic carbocycles. The maximum Gasteiger partial charge on any atom is 0.123 e. The van der Waals surface area contributed by atoms with E-state index in [4.69, 9.17) is 10.5 Å². The van der Waals surface area contributed by atoms with Gasteiger partial charge < -0.3 is 10.5 Å². The van der Waals surface area contributed by atoms with Crippen LogP contribution in [0.5, 0.6) is 5.75 Å². The molecule has 2 rings (SSSR count). The number of rotatable bonds is 1. The highest BCUT2D eigenvalue weighted by Crippen LogP contribution is 2.36. The molecule has 0 bridgehead atoms. The molecule has 2 heteroatoms. The summed E-state index contributed by atoms with van der Waals surface area (Å²) in [6.45, 7) is 4.81. The standard InChI is InChI=1S/C11H15NO/c1-11(2)6-9-8(7-12)4-3-5-10(9)13-11/h3-5H,6-7,12H2,1-2H3. The zero-order chi connectivity index (χ0) is 9.47. The second kappa shape index (κ2) is 2.74. The van der Waals surface area contributed by atoms with Crippen LogP contribution in [0.3, 0.4) is 0 Å².